The Kier molecular flexibility index (Phi) is 4.06. The lowest BCUT2D eigenvalue weighted by Crippen LogP contribution is -2.19. The molecule has 4 nitrogen and oxygen atoms in total. The van der Waals surface area contributed by atoms with Crippen molar-refractivity contribution in [3.63, 3.8) is 0 Å². The predicted octanol–water partition coefficient (Wildman–Crippen LogP) is 1.32. The lowest BCUT2D eigenvalue weighted by Gasteiger charge is -2.08. The van der Waals surface area contributed by atoms with E-state index in [1.807, 2.05) is 0 Å². The molecule has 0 saturated heterocycles. The van der Waals surface area contributed by atoms with Crippen molar-refractivity contribution in [3.05, 3.63) is 28.5 Å². The van der Waals surface area contributed by atoms with Crippen molar-refractivity contribution in [2.75, 3.05) is 17.1 Å². The molecule has 0 aliphatic rings. The molecular weight excluding hydrogens is 289 g/mol. The Morgan fingerprint density at radius 3 is 2.73 bits per heavy atom. The molecule has 0 bridgehead atoms. The van der Waals surface area contributed by atoms with Gasteiger partial charge in [-0.3, -0.25) is 4.72 Å². The number of sulfonamides is 1. The maximum Gasteiger partial charge on any atom is 0.235 e. The Morgan fingerprint density at radius 2 is 2.13 bits per heavy atom. The Morgan fingerprint density at radius 1 is 1.47 bits per heavy atom. The summed E-state index contributed by atoms with van der Waals surface area (Å²) in [6, 6.07) is 3.65. The maximum atomic E-state index is 12.8. The zero-order valence-corrected chi connectivity index (χ0v) is 9.98. The summed E-state index contributed by atoms with van der Waals surface area (Å²) in [6.45, 7) is -0.484. The number of hydrogen-bond acceptors (Lipinski definition) is 3. The molecule has 1 aromatic carbocycles. The van der Waals surface area contributed by atoms with E-state index >= 15 is 0 Å². The first kappa shape index (κ1) is 12.4. The molecule has 0 heterocycles. The van der Waals surface area contributed by atoms with E-state index in [-0.39, 0.29) is 5.69 Å². The van der Waals surface area contributed by atoms with Crippen LogP contribution >= 0.6 is 15.9 Å². The molecule has 0 atom stereocenters. The van der Waals surface area contributed by atoms with Gasteiger partial charge in [0.05, 0.1) is 18.0 Å². The van der Waals surface area contributed by atoms with E-state index in [0.29, 0.717) is 4.47 Å². The smallest absolute Gasteiger partial charge is 0.235 e. The Hall–Kier alpha value is -0.660. The highest BCUT2D eigenvalue weighted by Gasteiger charge is 2.11. The first-order valence-electron chi connectivity index (χ1n) is 4.01. The Balaban J connectivity index is 2.94. The molecule has 15 heavy (non-hydrogen) atoms. The summed E-state index contributed by atoms with van der Waals surface area (Å²) < 4.78 is 37.9. The highest BCUT2D eigenvalue weighted by atomic mass is 79.9. The molecule has 0 aliphatic carbocycles. The second-order valence-electron chi connectivity index (χ2n) is 2.77. The molecule has 0 unspecified atom stereocenters. The van der Waals surface area contributed by atoms with Crippen LogP contribution in [0.5, 0.6) is 0 Å². The van der Waals surface area contributed by atoms with Crippen molar-refractivity contribution < 1.29 is 17.9 Å². The van der Waals surface area contributed by atoms with E-state index in [4.69, 9.17) is 5.11 Å². The average Bonchev–Trinajstić information content (AvgIpc) is 2.10. The predicted molar refractivity (Wildman–Crippen MR) is 58.6 cm³/mol. The van der Waals surface area contributed by atoms with Crippen LogP contribution in [0.25, 0.3) is 0 Å². The summed E-state index contributed by atoms with van der Waals surface area (Å²) in [7, 11) is -3.62. The maximum absolute atomic E-state index is 12.8. The fourth-order valence-corrected chi connectivity index (χ4v) is 2.24. The standard InChI is InChI=1S/C8H9BrFNO3S/c9-7-2-1-6(10)5-8(7)11-15(13,14)4-3-12/h1-2,5,11-12H,3-4H2. The molecule has 0 aliphatic heterocycles. The summed E-state index contributed by atoms with van der Waals surface area (Å²) in [5, 5.41) is 8.50. The van der Waals surface area contributed by atoms with Crippen molar-refractivity contribution in [1.82, 2.24) is 0 Å². The van der Waals surface area contributed by atoms with E-state index in [1.54, 1.807) is 0 Å². The number of rotatable bonds is 4. The van der Waals surface area contributed by atoms with Crippen LogP contribution in [-0.2, 0) is 10.0 Å². The second-order valence-corrected chi connectivity index (χ2v) is 5.46. The third kappa shape index (κ3) is 3.77. The first-order chi connectivity index (χ1) is 6.94. The summed E-state index contributed by atoms with van der Waals surface area (Å²) in [5.41, 5.74) is 0.114. The van der Waals surface area contributed by atoms with E-state index < -0.39 is 28.2 Å². The van der Waals surface area contributed by atoms with Crippen LogP contribution in [0.15, 0.2) is 22.7 Å². The van der Waals surface area contributed by atoms with Crippen LogP contribution in [-0.4, -0.2) is 25.9 Å². The molecular formula is C8H9BrFNO3S. The summed E-state index contributed by atoms with van der Waals surface area (Å²) >= 11 is 3.08. The fraction of sp³-hybridized carbons (Fsp3) is 0.250. The van der Waals surface area contributed by atoms with Gasteiger partial charge >= 0.3 is 0 Å². The molecule has 1 rings (SSSR count). The van der Waals surface area contributed by atoms with Crippen molar-refractivity contribution in [1.29, 1.82) is 0 Å². The second kappa shape index (κ2) is 4.91. The highest BCUT2D eigenvalue weighted by molar-refractivity contribution is 9.10. The molecule has 0 saturated carbocycles. The van der Waals surface area contributed by atoms with Gasteiger partial charge in [-0.2, -0.15) is 0 Å². The zero-order chi connectivity index (χ0) is 11.5. The minimum Gasteiger partial charge on any atom is -0.395 e. The number of aliphatic hydroxyl groups excluding tert-OH is 1. The van der Waals surface area contributed by atoms with Crippen LogP contribution in [0, 0.1) is 5.82 Å². The van der Waals surface area contributed by atoms with E-state index in [2.05, 4.69) is 20.7 Å². The Labute approximate surface area is 95.3 Å². The molecule has 0 aromatic heterocycles. The SMILES string of the molecule is O=S(=O)(CCO)Nc1cc(F)ccc1Br. The van der Waals surface area contributed by atoms with Crippen LogP contribution < -0.4 is 4.72 Å². The highest BCUT2D eigenvalue weighted by Crippen LogP contribution is 2.23. The van der Waals surface area contributed by atoms with E-state index in [1.165, 1.54) is 12.1 Å². The van der Waals surface area contributed by atoms with Gasteiger partial charge in [0.25, 0.3) is 0 Å². The quantitative estimate of drug-likeness (QED) is 0.881. The number of halogens is 2. The molecule has 84 valence electrons. The number of anilines is 1. The average molecular weight is 298 g/mol. The van der Waals surface area contributed by atoms with Gasteiger partial charge in [-0.25, -0.2) is 12.8 Å². The van der Waals surface area contributed by atoms with Gasteiger partial charge in [-0.1, -0.05) is 0 Å². The van der Waals surface area contributed by atoms with Crippen LogP contribution in [0.2, 0.25) is 0 Å². The van der Waals surface area contributed by atoms with Crippen molar-refractivity contribution >= 4 is 31.6 Å². The minimum absolute atomic E-state index is 0.114. The van der Waals surface area contributed by atoms with Crippen molar-refractivity contribution in [2.24, 2.45) is 0 Å². The summed E-state index contributed by atoms with van der Waals surface area (Å²) in [4.78, 5) is 0. The minimum atomic E-state index is -3.62. The monoisotopic (exact) mass is 297 g/mol. The van der Waals surface area contributed by atoms with Gasteiger partial charge in [-0.05, 0) is 34.1 Å². The third-order valence-electron chi connectivity index (χ3n) is 1.55. The van der Waals surface area contributed by atoms with Gasteiger partial charge in [0, 0.05) is 4.47 Å². The topological polar surface area (TPSA) is 66.4 Å². The van der Waals surface area contributed by atoms with Gasteiger partial charge < -0.3 is 5.11 Å². The molecule has 7 heteroatoms. The number of aliphatic hydroxyl groups is 1. The molecule has 1 aromatic rings. The lowest BCUT2D eigenvalue weighted by atomic mass is 10.3. The lowest BCUT2D eigenvalue weighted by molar-refractivity contribution is 0.320. The third-order valence-corrected chi connectivity index (χ3v) is 3.50. The molecule has 0 fully saturated rings. The number of benzene rings is 1. The summed E-state index contributed by atoms with van der Waals surface area (Å²) in [6.07, 6.45) is 0. The first-order valence-corrected chi connectivity index (χ1v) is 6.45. The van der Waals surface area contributed by atoms with Crippen molar-refractivity contribution in [3.8, 4) is 0 Å². The van der Waals surface area contributed by atoms with Crippen LogP contribution in [0.1, 0.15) is 0 Å². The molecule has 2 N–H and O–H groups in total. The summed E-state index contributed by atoms with van der Waals surface area (Å²) in [5.74, 6) is -0.962. The molecule has 0 radical (unpaired) electrons. The van der Waals surface area contributed by atoms with Gasteiger partial charge in [0.15, 0.2) is 0 Å². The number of nitrogens with one attached hydrogen (secondary N) is 1. The van der Waals surface area contributed by atoms with E-state index in [0.717, 1.165) is 6.07 Å². The van der Waals surface area contributed by atoms with Gasteiger partial charge in [0.1, 0.15) is 5.82 Å². The molecule has 0 spiro atoms. The largest absolute Gasteiger partial charge is 0.395 e. The normalized spacial score (nSPS) is 11.4. The zero-order valence-electron chi connectivity index (χ0n) is 7.57. The van der Waals surface area contributed by atoms with Crippen LogP contribution in [0.4, 0.5) is 10.1 Å². The molecule has 0 amide bonds. The van der Waals surface area contributed by atoms with Gasteiger partial charge in [0.2, 0.25) is 10.0 Å². The van der Waals surface area contributed by atoms with Crippen LogP contribution in [0.3, 0.4) is 0 Å². The van der Waals surface area contributed by atoms with Gasteiger partial charge in [-0.15, -0.1) is 0 Å². The number of hydrogen-bond donors (Lipinski definition) is 2. The van der Waals surface area contributed by atoms with Crippen molar-refractivity contribution in [2.45, 2.75) is 0 Å². The fourth-order valence-electron chi connectivity index (χ4n) is 0.914. The van der Waals surface area contributed by atoms with E-state index in [9.17, 15) is 12.8 Å². The Bertz CT molecular complexity index is 449.